The predicted octanol–water partition coefficient (Wildman–Crippen LogP) is 1.00. The van der Waals surface area contributed by atoms with Crippen molar-refractivity contribution in [2.75, 3.05) is 26.8 Å². The summed E-state index contributed by atoms with van der Waals surface area (Å²) in [6.07, 6.45) is 3.96. The number of fused-ring (bicyclic) bond motifs is 1. The Kier molecular flexibility index (Phi) is 2.70. The molecule has 0 saturated carbocycles. The van der Waals surface area contributed by atoms with Gasteiger partial charge in [0, 0.05) is 19.3 Å². The van der Waals surface area contributed by atoms with Gasteiger partial charge in [0.05, 0.1) is 25.6 Å². The molecule has 1 saturated heterocycles. The first kappa shape index (κ1) is 10.6. The summed E-state index contributed by atoms with van der Waals surface area (Å²) in [5.41, 5.74) is 1.88. The van der Waals surface area contributed by atoms with E-state index in [1.165, 1.54) is 0 Å². The highest BCUT2D eigenvalue weighted by Crippen LogP contribution is 2.20. The summed E-state index contributed by atoms with van der Waals surface area (Å²) in [6, 6.07) is 3.85. The van der Waals surface area contributed by atoms with Crippen molar-refractivity contribution in [2.24, 2.45) is 0 Å². The lowest BCUT2D eigenvalue weighted by Crippen LogP contribution is -2.33. The molecule has 3 heterocycles. The van der Waals surface area contributed by atoms with E-state index in [-0.39, 0.29) is 6.10 Å². The molecule has 5 heteroatoms. The third-order valence-electron chi connectivity index (χ3n) is 2.94. The first-order valence-electron chi connectivity index (χ1n) is 5.72. The van der Waals surface area contributed by atoms with Crippen molar-refractivity contribution in [1.29, 1.82) is 0 Å². The second-order valence-electron chi connectivity index (χ2n) is 4.06. The minimum atomic E-state index is 0.0506. The molecule has 2 aromatic rings. The van der Waals surface area contributed by atoms with Crippen molar-refractivity contribution in [1.82, 2.24) is 14.7 Å². The van der Waals surface area contributed by atoms with Crippen LogP contribution in [0.25, 0.3) is 5.65 Å². The molecular weight excluding hydrogens is 218 g/mol. The number of aromatic nitrogens is 2. The van der Waals surface area contributed by atoms with Crippen LogP contribution in [0, 0.1) is 0 Å². The Hall–Kier alpha value is -1.59. The van der Waals surface area contributed by atoms with E-state index in [1.54, 1.807) is 7.11 Å². The van der Waals surface area contributed by atoms with E-state index in [1.807, 2.05) is 28.9 Å². The maximum absolute atomic E-state index is 5.68. The standard InChI is InChI=1S/C12H15N3O2/c1-16-9-2-3-12-14-10(8-15(12)7-9)11-6-13-4-5-17-11/h2-3,7-8,11,13H,4-6H2,1H3. The molecule has 1 unspecified atom stereocenters. The number of pyridine rings is 1. The van der Waals surface area contributed by atoms with Gasteiger partial charge in [-0.25, -0.2) is 4.98 Å². The van der Waals surface area contributed by atoms with Crippen LogP contribution < -0.4 is 10.1 Å². The Morgan fingerprint density at radius 2 is 2.41 bits per heavy atom. The van der Waals surface area contributed by atoms with Crippen molar-refractivity contribution in [3.63, 3.8) is 0 Å². The summed E-state index contributed by atoms with van der Waals surface area (Å²) < 4.78 is 12.8. The zero-order valence-electron chi connectivity index (χ0n) is 9.72. The molecule has 0 radical (unpaired) electrons. The maximum Gasteiger partial charge on any atom is 0.137 e. The number of methoxy groups -OCH3 is 1. The molecule has 2 aromatic heterocycles. The van der Waals surface area contributed by atoms with Crippen LogP contribution in [0.5, 0.6) is 5.75 Å². The van der Waals surface area contributed by atoms with Gasteiger partial charge in [-0.05, 0) is 12.1 Å². The number of ether oxygens (including phenoxy) is 2. The van der Waals surface area contributed by atoms with E-state index >= 15 is 0 Å². The number of hydrogen-bond donors (Lipinski definition) is 1. The zero-order chi connectivity index (χ0) is 11.7. The second kappa shape index (κ2) is 4.35. The normalized spacial score (nSPS) is 20.6. The molecule has 17 heavy (non-hydrogen) atoms. The van der Waals surface area contributed by atoms with Crippen LogP contribution in [0.3, 0.4) is 0 Å². The topological polar surface area (TPSA) is 47.8 Å². The van der Waals surface area contributed by atoms with Gasteiger partial charge < -0.3 is 19.2 Å². The maximum atomic E-state index is 5.68. The largest absolute Gasteiger partial charge is 0.495 e. The molecule has 1 N–H and O–H groups in total. The van der Waals surface area contributed by atoms with Crippen LogP contribution in [0.2, 0.25) is 0 Å². The average Bonchev–Trinajstić information content (AvgIpc) is 2.82. The molecular formula is C12H15N3O2. The van der Waals surface area contributed by atoms with Gasteiger partial charge in [-0.1, -0.05) is 0 Å². The smallest absolute Gasteiger partial charge is 0.137 e. The van der Waals surface area contributed by atoms with Gasteiger partial charge in [-0.15, -0.1) is 0 Å². The molecule has 0 bridgehead atoms. The third-order valence-corrected chi connectivity index (χ3v) is 2.94. The summed E-state index contributed by atoms with van der Waals surface area (Å²) in [5, 5.41) is 3.30. The number of morpholine rings is 1. The van der Waals surface area contributed by atoms with Crippen molar-refractivity contribution >= 4 is 5.65 Å². The Balaban J connectivity index is 1.95. The fourth-order valence-electron chi connectivity index (χ4n) is 2.02. The Bertz CT molecular complexity index is 517. The quantitative estimate of drug-likeness (QED) is 0.840. The van der Waals surface area contributed by atoms with E-state index in [0.717, 1.165) is 36.8 Å². The summed E-state index contributed by atoms with van der Waals surface area (Å²) in [4.78, 5) is 4.55. The summed E-state index contributed by atoms with van der Waals surface area (Å²) >= 11 is 0. The minimum absolute atomic E-state index is 0.0506. The lowest BCUT2D eigenvalue weighted by Gasteiger charge is -2.21. The van der Waals surface area contributed by atoms with Crippen LogP contribution in [0.15, 0.2) is 24.5 Å². The highest BCUT2D eigenvalue weighted by atomic mass is 16.5. The average molecular weight is 233 g/mol. The molecule has 0 spiro atoms. The third kappa shape index (κ3) is 1.99. The van der Waals surface area contributed by atoms with Crippen LogP contribution in [0.4, 0.5) is 0 Å². The van der Waals surface area contributed by atoms with Crippen LogP contribution in [-0.2, 0) is 4.74 Å². The van der Waals surface area contributed by atoms with E-state index in [4.69, 9.17) is 9.47 Å². The van der Waals surface area contributed by atoms with Gasteiger partial charge in [0.2, 0.25) is 0 Å². The molecule has 1 atom stereocenters. The second-order valence-corrected chi connectivity index (χ2v) is 4.06. The molecule has 0 aliphatic carbocycles. The molecule has 0 amide bonds. The van der Waals surface area contributed by atoms with Crippen LogP contribution in [0.1, 0.15) is 11.8 Å². The minimum Gasteiger partial charge on any atom is -0.495 e. The number of nitrogens with one attached hydrogen (secondary N) is 1. The van der Waals surface area contributed by atoms with Crippen molar-refractivity contribution in [2.45, 2.75) is 6.10 Å². The number of imidazole rings is 1. The molecule has 0 aromatic carbocycles. The summed E-state index contributed by atoms with van der Waals surface area (Å²) in [5.74, 6) is 0.823. The fourth-order valence-corrected chi connectivity index (χ4v) is 2.02. The highest BCUT2D eigenvalue weighted by molar-refractivity contribution is 5.43. The molecule has 1 fully saturated rings. The van der Waals surface area contributed by atoms with Gasteiger partial charge in [-0.3, -0.25) is 0 Å². The Morgan fingerprint density at radius 1 is 1.47 bits per heavy atom. The SMILES string of the molecule is COc1ccc2nc(C3CNCCO3)cn2c1. The van der Waals surface area contributed by atoms with Crippen LogP contribution >= 0.6 is 0 Å². The Labute approximate surface area is 99.4 Å². The molecule has 1 aliphatic rings. The van der Waals surface area contributed by atoms with Gasteiger partial charge in [0.1, 0.15) is 17.5 Å². The van der Waals surface area contributed by atoms with E-state index in [2.05, 4.69) is 10.3 Å². The summed E-state index contributed by atoms with van der Waals surface area (Å²) in [7, 11) is 1.66. The zero-order valence-corrected chi connectivity index (χ0v) is 9.72. The van der Waals surface area contributed by atoms with Crippen molar-refractivity contribution in [3.8, 4) is 5.75 Å². The first-order chi connectivity index (χ1) is 8.36. The van der Waals surface area contributed by atoms with E-state index < -0.39 is 0 Å². The van der Waals surface area contributed by atoms with Crippen LogP contribution in [-0.4, -0.2) is 36.2 Å². The number of nitrogens with zero attached hydrogens (tertiary/aromatic N) is 2. The van der Waals surface area contributed by atoms with Gasteiger partial charge in [0.15, 0.2) is 0 Å². The monoisotopic (exact) mass is 233 g/mol. The van der Waals surface area contributed by atoms with Crippen molar-refractivity contribution < 1.29 is 9.47 Å². The molecule has 90 valence electrons. The van der Waals surface area contributed by atoms with Crippen molar-refractivity contribution in [3.05, 3.63) is 30.2 Å². The first-order valence-corrected chi connectivity index (χ1v) is 5.72. The van der Waals surface area contributed by atoms with E-state index in [0.29, 0.717) is 0 Å². The predicted molar refractivity (Wildman–Crippen MR) is 63.3 cm³/mol. The molecule has 5 nitrogen and oxygen atoms in total. The van der Waals surface area contributed by atoms with E-state index in [9.17, 15) is 0 Å². The fraction of sp³-hybridized carbons (Fsp3) is 0.417. The summed E-state index contributed by atoms with van der Waals surface area (Å²) in [6.45, 7) is 2.47. The number of hydrogen-bond acceptors (Lipinski definition) is 4. The van der Waals surface area contributed by atoms with Gasteiger partial charge in [-0.2, -0.15) is 0 Å². The van der Waals surface area contributed by atoms with Gasteiger partial charge >= 0.3 is 0 Å². The lowest BCUT2D eigenvalue weighted by atomic mass is 10.2. The lowest BCUT2D eigenvalue weighted by molar-refractivity contribution is 0.0253. The molecule has 1 aliphatic heterocycles. The Morgan fingerprint density at radius 3 is 3.18 bits per heavy atom. The highest BCUT2D eigenvalue weighted by Gasteiger charge is 2.18. The number of rotatable bonds is 2. The molecule has 3 rings (SSSR count). The van der Waals surface area contributed by atoms with Gasteiger partial charge in [0.25, 0.3) is 0 Å².